The van der Waals surface area contributed by atoms with Crippen molar-refractivity contribution in [1.82, 2.24) is 0 Å². The Kier molecular flexibility index (Phi) is 6.53. The molecule has 1 saturated carbocycles. The summed E-state index contributed by atoms with van der Waals surface area (Å²) in [5.41, 5.74) is 3.01. The molecule has 0 aromatic heterocycles. The molecule has 0 spiro atoms. The average molecular weight is 470 g/mol. The molecule has 0 unspecified atom stereocenters. The Hall–Kier alpha value is -2.83. The molecular weight excluding hydrogens is 446 g/mol. The lowest BCUT2D eigenvalue weighted by Gasteiger charge is -2.12. The third-order valence-corrected chi connectivity index (χ3v) is 7.66. The van der Waals surface area contributed by atoms with Crippen LogP contribution < -0.4 is 10.1 Å². The molecular formula is C25H24ClNO4S. The summed E-state index contributed by atoms with van der Waals surface area (Å²) in [6.45, 7) is 0. The van der Waals surface area contributed by atoms with Crippen molar-refractivity contribution in [2.75, 3.05) is 18.2 Å². The smallest absolute Gasteiger partial charge is 0.228 e. The van der Waals surface area contributed by atoms with Crippen LogP contribution in [0.2, 0.25) is 5.02 Å². The van der Waals surface area contributed by atoms with Crippen molar-refractivity contribution >= 4 is 33.0 Å². The first kappa shape index (κ1) is 22.4. The van der Waals surface area contributed by atoms with Crippen LogP contribution in [-0.4, -0.2) is 27.2 Å². The Morgan fingerprint density at radius 3 is 2.41 bits per heavy atom. The van der Waals surface area contributed by atoms with Gasteiger partial charge in [-0.25, -0.2) is 8.42 Å². The van der Waals surface area contributed by atoms with Gasteiger partial charge in [0.15, 0.2) is 9.84 Å². The number of rotatable bonds is 8. The molecule has 1 fully saturated rings. The maximum atomic E-state index is 12.5. The van der Waals surface area contributed by atoms with Crippen LogP contribution in [0, 0.1) is 5.92 Å². The minimum Gasteiger partial charge on any atom is -0.496 e. The Morgan fingerprint density at radius 1 is 1.03 bits per heavy atom. The van der Waals surface area contributed by atoms with Gasteiger partial charge in [-0.05, 0) is 54.7 Å². The molecule has 0 saturated heterocycles. The minimum absolute atomic E-state index is 0.134. The minimum atomic E-state index is -3.25. The van der Waals surface area contributed by atoms with Gasteiger partial charge in [0.2, 0.25) is 5.91 Å². The lowest BCUT2D eigenvalue weighted by atomic mass is 10.0. The highest BCUT2D eigenvalue weighted by molar-refractivity contribution is 7.91. The van der Waals surface area contributed by atoms with E-state index in [1.165, 1.54) is 0 Å². The number of amides is 1. The molecule has 1 N–H and O–H groups in total. The number of para-hydroxylation sites is 1. The largest absolute Gasteiger partial charge is 0.496 e. The Balaban J connectivity index is 1.41. The number of carbonyl (C=O) groups is 1. The standard InChI is InChI=1S/C25H24ClNO4S/c1-31-24-5-3-2-4-22(24)21-13-10-19(15-23(21)26)27-25(28)14-17-8-11-20(12-9-17)32(29,30)16-18-6-7-18/h2-5,8-13,15,18H,6-7,14,16H2,1H3,(H,27,28). The van der Waals surface area contributed by atoms with Gasteiger partial charge in [0.1, 0.15) is 5.75 Å². The summed E-state index contributed by atoms with van der Waals surface area (Å²) >= 11 is 6.47. The second-order valence-corrected chi connectivity index (χ2v) is 10.4. The van der Waals surface area contributed by atoms with Crippen LogP contribution in [0.4, 0.5) is 5.69 Å². The van der Waals surface area contributed by atoms with Gasteiger partial charge in [0, 0.05) is 16.8 Å². The number of hydrogen-bond acceptors (Lipinski definition) is 4. The summed E-state index contributed by atoms with van der Waals surface area (Å²) in [6.07, 6.45) is 2.11. The molecule has 0 atom stereocenters. The molecule has 0 radical (unpaired) electrons. The summed E-state index contributed by atoms with van der Waals surface area (Å²) in [6, 6.07) is 19.5. The fourth-order valence-electron chi connectivity index (χ4n) is 3.57. The number of halogens is 1. The maximum absolute atomic E-state index is 12.5. The highest BCUT2D eigenvalue weighted by Crippen LogP contribution is 2.36. The van der Waals surface area contributed by atoms with Crippen LogP contribution in [0.1, 0.15) is 18.4 Å². The van der Waals surface area contributed by atoms with Crippen LogP contribution in [0.25, 0.3) is 11.1 Å². The predicted octanol–water partition coefficient (Wildman–Crippen LogP) is 5.38. The molecule has 1 amide bonds. The van der Waals surface area contributed by atoms with Gasteiger partial charge in [-0.2, -0.15) is 0 Å². The third kappa shape index (κ3) is 5.31. The number of ether oxygens (including phenoxy) is 1. The van der Waals surface area contributed by atoms with E-state index in [-0.39, 0.29) is 18.1 Å². The molecule has 0 bridgehead atoms. The Bertz CT molecular complexity index is 1240. The van der Waals surface area contributed by atoms with Crippen molar-refractivity contribution in [1.29, 1.82) is 0 Å². The summed E-state index contributed by atoms with van der Waals surface area (Å²) in [5, 5.41) is 3.34. The van der Waals surface area contributed by atoms with E-state index in [4.69, 9.17) is 16.3 Å². The summed E-state index contributed by atoms with van der Waals surface area (Å²) in [5.74, 6) is 1.01. The fourth-order valence-corrected chi connectivity index (χ4v) is 5.55. The molecule has 5 nitrogen and oxygen atoms in total. The van der Waals surface area contributed by atoms with Gasteiger partial charge in [-0.1, -0.05) is 48.0 Å². The van der Waals surface area contributed by atoms with Crippen molar-refractivity contribution in [3.8, 4) is 16.9 Å². The number of methoxy groups -OCH3 is 1. The SMILES string of the molecule is COc1ccccc1-c1ccc(NC(=O)Cc2ccc(S(=O)(=O)CC3CC3)cc2)cc1Cl. The van der Waals surface area contributed by atoms with E-state index in [2.05, 4.69) is 5.32 Å². The number of sulfone groups is 1. The summed E-state index contributed by atoms with van der Waals surface area (Å²) < 4.78 is 30.1. The van der Waals surface area contributed by atoms with Crippen LogP contribution >= 0.6 is 11.6 Å². The van der Waals surface area contributed by atoms with Crippen molar-refractivity contribution in [3.05, 3.63) is 77.3 Å². The van der Waals surface area contributed by atoms with Gasteiger partial charge in [0.05, 0.1) is 29.2 Å². The first-order valence-electron chi connectivity index (χ1n) is 10.4. The number of hydrogen-bond donors (Lipinski definition) is 1. The van der Waals surface area contributed by atoms with Gasteiger partial charge in [-0.15, -0.1) is 0 Å². The predicted molar refractivity (Wildman–Crippen MR) is 127 cm³/mol. The second-order valence-electron chi connectivity index (χ2n) is 7.99. The van der Waals surface area contributed by atoms with Crippen molar-refractivity contribution < 1.29 is 17.9 Å². The third-order valence-electron chi connectivity index (χ3n) is 5.45. The molecule has 1 aliphatic rings. The van der Waals surface area contributed by atoms with E-state index in [0.717, 1.165) is 29.5 Å². The van der Waals surface area contributed by atoms with Crippen molar-refractivity contribution in [3.63, 3.8) is 0 Å². The molecule has 166 valence electrons. The highest BCUT2D eigenvalue weighted by atomic mass is 35.5. The molecule has 0 aliphatic heterocycles. The van der Waals surface area contributed by atoms with Gasteiger partial charge in [0.25, 0.3) is 0 Å². The molecule has 3 aromatic rings. The van der Waals surface area contributed by atoms with Crippen LogP contribution in [-0.2, 0) is 21.1 Å². The van der Waals surface area contributed by atoms with Gasteiger partial charge >= 0.3 is 0 Å². The van der Waals surface area contributed by atoms with Gasteiger partial charge in [-0.3, -0.25) is 4.79 Å². The molecule has 0 heterocycles. The Morgan fingerprint density at radius 2 is 1.75 bits per heavy atom. The Labute approximate surface area is 193 Å². The lowest BCUT2D eigenvalue weighted by Crippen LogP contribution is -2.14. The zero-order chi connectivity index (χ0) is 22.7. The van der Waals surface area contributed by atoms with Crippen molar-refractivity contribution in [2.45, 2.75) is 24.2 Å². The number of anilines is 1. The van der Waals surface area contributed by atoms with Crippen LogP contribution in [0.5, 0.6) is 5.75 Å². The number of nitrogens with one attached hydrogen (secondary N) is 1. The summed E-state index contributed by atoms with van der Waals surface area (Å²) in [4.78, 5) is 12.8. The normalized spacial score (nSPS) is 13.6. The number of carbonyl (C=O) groups excluding carboxylic acids is 1. The molecule has 1 aliphatic carbocycles. The second kappa shape index (κ2) is 9.35. The zero-order valence-electron chi connectivity index (χ0n) is 17.7. The monoisotopic (exact) mass is 469 g/mol. The molecule has 7 heteroatoms. The lowest BCUT2D eigenvalue weighted by molar-refractivity contribution is -0.115. The van der Waals surface area contributed by atoms with E-state index >= 15 is 0 Å². The van der Waals surface area contributed by atoms with Crippen molar-refractivity contribution in [2.24, 2.45) is 5.92 Å². The average Bonchev–Trinajstić information content (AvgIpc) is 3.57. The summed E-state index contributed by atoms with van der Waals surface area (Å²) in [7, 11) is -1.64. The van der Waals surface area contributed by atoms with E-state index in [9.17, 15) is 13.2 Å². The van der Waals surface area contributed by atoms with E-state index in [1.54, 1.807) is 43.5 Å². The number of benzene rings is 3. The highest BCUT2D eigenvalue weighted by Gasteiger charge is 2.29. The van der Waals surface area contributed by atoms with E-state index in [1.807, 2.05) is 30.3 Å². The quantitative estimate of drug-likeness (QED) is 0.480. The molecule has 32 heavy (non-hydrogen) atoms. The van der Waals surface area contributed by atoms with Crippen LogP contribution in [0.3, 0.4) is 0 Å². The fraction of sp³-hybridized carbons (Fsp3) is 0.240. The molecule has 4 rings (SSSR count). The van der Waals surface area contributed by atoms with Crippen LogP contribution in [0.15, 0.2) is 71.6 Å². The first-order chi connectivity index (χ1) is 15.4. The maximum Gasteiger partial charge on any atom is 0.228 e. The zero-order valence-corrected chi connectivity index (χ0v) is 19.2. The van der Waals surface area contributed by atoms with E-state index < -0.39 is 9.84 Å². The van der Waals surface area contributed by atoms with E-state index in [0.29, 0.717) is 27.3 Å². The van der Waals surface area contributed by atoms with Gasteiger partial charge < -0.3 is 10.1 Å². The topological polar surface area (TPSA) is 72.5 Å². The molecule has 3 aromatic carbocycles. The first-order valence-corrected chi connectivity index (χ1v) is 12.4.